The Balaban J connectivity index is 1.81. The highest BCUT2D eigenvalue weighted by Gasteiger charge is 2.14. The van der Waals surface area contributed by atoms with Crippen LogP contribution in [0.25, 0.3) is 28.2 Å². The average molecular weight is 437 g/mol. The Kier molecular flexibility index (Phi) is 5.50. The summed E-state index contributed by atoms with van der Waals surface area (Å²) in [6.45, 7) is 2.10. The second-order valence-corrected chi connectivity index (χ2v) is 9.52. The minimum Gasteiger partial charge on any atom is -0.299 e. The second-order valence-electron chi connectivity index (χ2n) is 7.10. The van der Waals surface area contributed by atoms with E-state index in [4.69, 9.17) is 11.6 Å². The normalized spacial score (nSPS) is 11.6. The van der Waals surface area contributed by atoms with Crippen molar-refractivity contribution in [3.05, 3.63) is 89.7 Å². The molecule has 30 heavy (non-hydrogen) atoms. The molecule has 0 N–H and O–H groups in total. The monoisotopic (exact) mass is 436 g/mol. The summed E-state index contributed by atoms with van der Waals surface area (Å²) in [6.07, 6.45) is 5.73. The third kappa shape index (κ3) is 3.91. The maximum atomic E-state index is 11.9. The maximum absolute atomic E-state index is 11.9. The fraction of sp³-hybridized carbons (Fsp3) is 0.125. The number of aromatic nitrogens is 2. The number of benzene rings is 3. The maximum Gasteiger partial charge on any atom is 0.175 e. The summed E-state index contributed by atoms with van der Waals surface area (Å²) in [6, 6.07) is 20.8. The van der Waals surface area contributed by atoms with Crippen LogP contribution in [-0.2, 0) is 16.3 Å². The predicted molar refractivity (Wildman–Crippen MR) is 122 cm³/mol. The summed E-state index contributed by atoms with van der Waals surface area (Å²) < 4.78 is 25.9. The third-order valence-corrected chi connectivity index (χ3v) is 6.51. The molecule has 0 amide bonds. The quantitative estimate of drug-likeness (QED) is 0.395. The van der Waals surface area contributed by atoms with E-state index in [9.17, 15) is 8.42 Å². The Morgan fingerprint density at radius 2 is 1.73 bits per heavy atom. The van der Waals surface area contributed by atoms with Gasteiger partial charge in [-0.1, -0.05) is 48.9 Å². The first-order valence-corrected chi connectivity index (χ1v) is 11.9. The van der Waals surface area contributed by atoms with Crippen molar-refractivity contribution in [3.8, 4) is 28.2 Å². The van der Waals surface area contributed by atoms with Gasteiger partial charge in [0.2, 0.25) is 0 Å². The van der Waals surface area contributed by atoms with Gasteiger partial charge in [0.15, 0.2) is 9.84 Å². The zero-order valence-corrected chi connectivity index (χ0v) is 18.3. The standard InChI is InChI=1S/C24H21ClN2O2S/c1-3-17-15-19(18-7-6-8-20(16-18)30(2,28)29)11-12-23(17)27-14-13-26-24(27)21-9-4-5-10-22(21)25/h4-16H,3H2,1-2H3. The Morgan fingerprint density at radius 3 is 2.47 bits per heavy atom. The van der Waals surface area contributed by atoms with Crippen molar-refractivity contribution in [1.29, 1.82) is 0 Å². The van der Waals surface area contributed by atoms with E-state index in [2.05, 4.69) is 18.0 Å². The molecule has 0 atom stereocenters. The number of hydrogen-bond acceptors (Lipinski definition) is 3. The number of halogens is 1. The fourth-order valence-electron chi connectivity index (χ4n) is 3.53. The van der Waals surface area contributed by atoms with Crippen LogP contribution in [0.4, 0.5) is 0 Å². The lowest BCUT2D eigenvalue weighted by molar-refractivity contribution is 0.602. The first-order valence-electron chi connectivity index (χ1n) is 9.60. The van der Waals surface area contributed by atoms with E-state index in [1.807, 2.05) is 53.2 Å². The Bertz CT molecular complexity index is 1330. The van der Waals surface area contributed by atoms with Gasteiger partial charge in [-0.2, -0.15) is 0 Å². The van der Waals surface area contributed by atoms with Crippen molar-refractivity contribution in [2.24, 2.45) is 0 Å². The SMILES string of the molecule is CCc1cc(-c2cccc(S(C)(=O)=O)c2)ccc1-n1ccnc1-c1ccccc1Cl. The zero-order valence-electron chi connectivity index (χ0n) is 16.7. The zero-order chi connectivity index (χ0) is 21.3. The minimum absolute atomic E-state index is 0.317. The fourth-order valence-corrected chi connectivity index (χ4v) is 4.42. The summed E-state index contributed by atoms with van der Waals surface area (Å²) in [4.78, 5) is 4.85. The van der Waals surface area contributed by atoms with Gasteiger partial charge in [-0.05, 0) is 59.5 Å². The topological polar surface area (TPSA) is 52.0 Å². The van der Waals surface area contributed by atoms with Crippen LogP contribution in [0.15, 0.2) is 84.0 Å². The largest absolute Gasteiger partial charge is 0.299 e. The van der Waals surface area contributed by atoms with Crippen LogP contribution in [0.1, 0.15) is 12.5 Å². The molecule has 4 nitrogen and oxygen atoms in total. The molecule has 3 aromatic carbocycles. The minimum atomic E-state index is -3.26. The molecular formula is C24H21ClN2O2S. The van der Waals surface area contributed by atoms with Gasteiger partial charge < -0.3 is 0 Å². The number of imidazole rings is 1. The van der Waals surface area contributed by atoms with E-state index in [0.29, 0.717) is 9.92 Å². The van der Waals surface area contributed by atoms with Crippen molar-refractivity contribution in [3.63, 3.8) is 0 Å². The van der Waals surface area contributed by atoms with Crippen molar-refractivity contribution in [2.45, 2.75) is 18.2 Å². The molecule has 0 aliphatic heterocycles. The van der Waals surface area contributed by atoms with Gasteiger partial charge >= 0.3 is 0 Å². The van der Waals surface area contributed by atoms with E-state index in [-0.39, 0.29) is 0 Å². The van der Waals surface area contributed by atoms with Crippen molar-refractivity contribution in [2.75, 3.05) is 6.26 Å². The molecule has 0 fully saturated rings. The summed E-state index contributed by atoms with van der Waals surface area (Å²) in [7, 11) is -3.26. The second kappa shape index (κ2) is 8.09. The Hall–Kier alpha value is -2.89. The highest BCUT2D eigenvalue weighted by molar-refractivity contribution is 7.90. The summed E-state index contributed by atoms with van der Waals surface area (Å²) in [5.41, 5.74) is 4.87. The molecular weight excluding hydrogens is 416 g/mol. The van der Waals surface area contributed by atoms with Gasteiger partial charge in [0.1, 0.15) is 5.82 Å². The molecule has 1 heterocycles. The van der Waals surface area contributed by atoms with Crippen LogP contribution in [0.3, 0.4) is 0 Å². The van der Waals surface area contributed by atoms with E-state index in [0.717, 1.165) is 40.2 Å². The lowest BCUT2D eigenvalue weighted by Crippen LogP contribution is -2.01. The number of hydrogen-bond donors (Lipinski definition) is 0. The first-order chi connectivity index (χ1) is 14.4. The van der Waals surface area contributed by atoms with Gasteiger partial charge in [0, 0.05) is 24.2 Å². The van der Waals surface area contributed by atoms with E-state index < -0.39 is 9.84 Å². The van der Waals surface area contributed by atoms with Gasteiger partial charge in [-0.25, -0.2) is 13.4 Å². The smallest absolute Gasteiger partial charge is 0.175 e. The third-order valence-electron chi connectivity index (χ3n) is 5.07. The molecule has 0 saturated heterocycles. The van der Waals surface area contributed by atoms with Crippen LogP contribution in [0.5, 0.6) is 0 Å². The molecule has 0 unspecified atom stereocenters. The molecule has 4 rings (SSSR count). The average Bonchev–Trinajstić information content (AvgIpc) is 3.22. The molecule has 0 bridgehead atoms. The summed E-state index contributed by atoms with van der Waals surface area (Å²) in [5.74, 6) is 0.780. The van der Waals surface area contributed by atoms with Gasteiger partial charge in [0.05, 0.1) is 15.6 Å². The molecule has 6 heteroatoms. The predicted octanol–water partition coefficient (Wildman–Crippen LogP) is 5.83. The van der Waals surface area contributed by atoms with Crippen LogP contribution in [-0.4, -0.2) is 24.2 Å². The summed E-state index contributed by atoms with van der Waals surface area (Å²) in [5, 5.41) is 0.650. The lowest BCUT2D eigenvalue weighted by atomic mass is 10.0. The summed E-state index contributed by atoms with van der Waals surface area (Å²) >= 11 is 6.40. The van der Waals surface area contributed by atoms with Crippen LogP contribution in [0, 0.1) is 0 Å². The highest BCUT2D eigenvalue weighted by Crippen LogP contribution is 2.31. The van der Waals surface area contributed by atoms with Crippen LogP contribution < -0.4 is 0 Å². The van der Waals surface area contributed by atoms with Gasteiger partial charge in [-0.3, -0.25) is 4.57 Å². The lowest BCUT2D eigenvalue weighted by Gasteiger charge is -2.15. The van der Waals surface area contributed by atoms with E-state index >= 15 is 0 Å². The first kappa shape index (κ1) is 20.4. The highest BCUT2D eigenvalue weighted by atomic mass is 35.5. The van der Waals surface area contributed by atoms with Crippen molar-refractivity contribution < 1.29 is 8.42 Å². The van der Waals surface area contributed by atoms with Gasteiger partial charge in [-0.15, -0.1) is 0 Å². The molecule has 0 saturated carbocycles. The van der Waals surface area contributed by atoms with Gasteiger partial charge in [0.25, 0.3) is 0 Å². The number of sulfone groups is 1. The Labute approximate surface area is 181 Å². The Morgan fingerprint density at radius 1 is 0.967 bits per heavy atom. The van der Waals surface area contributed by atoms with Crippen LogP contribution in [0.2, 0.25) is 5.02 Å². The molecule has 4 aromatic rings. The van der Waals surface area contributed by atoms with Crippen molar-refractivity contribution in [1.82, 2.24) is 9.55 Å². The molecule has 1 aromatic heterocycles. The van der Waals surface area contributed by atoms with E-state index in [1.165, 1.54) is 6.26 Å². The number of aryl methyl sites for hydroxylation is 1. The molecule has 0 spiro atoms. The molecule has 0 aliphatic carbocycles. The van der Waals surface area contributed by atoms with Crippen LogP contribution >= 0.6 is 11.6 Å². The number of rotatable bonds is 5. The molecule has 0 aliphatic rings. The van der Waals surface area contributed by atoms with Crippen molar-refractivity contribution >= 4 is 21.4 Å². The van der Waals surface area contributed by atoms with E-state index in [1.54, 1.807) is 24.4 Å². The number of nitrogens with zero attached hydrogens (tertiary/aromatic N) is 2. The molecule has 152 valence electrons. The molecule has 0 radical (unpaired) electrons.